The molecule has 2 aromatic rings. The van der Waals surface area contributed by atoms with Crippen LogP contribution in [0.1, 0.15) is 5.56 Å². The quantitative estimate of drug-likeness (QED) is 0.816. The van der Waals surface area contributed by atoms with Gasteiger partial charge in [0.25, 0.3) is 5.56 Å². The van der Waals surface area contributed by atoms with Crippen molar-refractivity contribution in [3.05, 3.63) is 51.3 Å². The van der Waals surface area contributed by atoms with Gasteiger partial charge in [0, 0.05) is 10.6 Å². The average molecular weight is 232 g/mol. The number of nitrogens with one attached hydrogen (secondary N) is 1. The summed E-state index contributed by atoms with van der Waals surface area (Å²) in [5, 5.41) is 15.5. The van der Waals surface area contributed by atoms with Gasteiger partial charge < -0.3 is 0 Å². The van der Waals surface area contributed by atoms with Gasteiger partial charge in [0.2, 0.25) is 0 Å². The number of aromatic nitrogens is 2. The zero-order valence-electron chi connectivity index (χ0n) is 8.07. The van der Waals surface area contributed by atoms with Gasteiger partial charge in [0.1, 0.15) is 11.6 Å². The van der Waals surface area contributed by atoms with E-state index in [-0.39, 0.29) is 5.56 Å². The van der Waals surface area contributed by atoms with Crippen molar-refractivity contribution in [1.29, 1.82) is 5.26 Å². The lowest BCUT2D eigenvalue weighted by molar-refractivity contribution is 0.987. The Labute approximate surface area is 96.1 Å². The van der Waals surface area contributed by atoms with Crippen molar-refractivity contribution >= 4 is 11.6 Å². The number of hydrogen-bond acceptors (Lipinski definition) is 3. The van der Waals surface area contributed by atoms with E-state index >= 15 is 0 Å². The van der Waals surface area contributed by atoms with Crippen molar-refractivity contribution in [3.63, 3.8) is 0 Å². The highest BCUT2D eigenvalue weighted by molar-refractivity contribution is 6.30. The third-order valence-corrected chi connectivity index (χ3v) is 2.32. The molecule has 2 rings (SSSR count). The molecular weight excluding hydrogens is 226 g/mol. The van der Waals surface area contributed by atoms with Crippen molar-refractivity contribution < 1.29 is 0 Å². The maximum atomic E-state index is 11.1. The van der Waals surface area contributed by atoms with Gasteiger partial charge in [-0.2, -0.15) is 10.4 Å². The smallest absolute Gasteiger partial charge is 0.267 e. The van der Waals surface area contributed by atoms with E-state index in [1.54, 1.807) is 30.3 Å². The van der Waals surface area contributed by atoms with Crippen LogP contribution >= 0.6 is 11.6 Å². The Hall–Kier alpha value is -2.12. The van der Waals surface area contributed by atoms with Crippen molar-refractivity contribution in [2.75, 3.05) is 0 Å². The summed E-state index contributed by atoms with van der Waals surface area (Å²) in [5.74, 6) is 0. The summed E-state index contributed by atoms with van der Waals surface area (Å²) < 4.78 is 0. The standard InChI is InChI=1S/C11H6ClN3O/c12-9-3-1-7(2-4-9)10-5-8(6-13)11(16)15-14-10/h1-5H,(H,15,16). The fraction of sp³-hybridized carbons (Fsp3) is 0. The number of benzene rings is 1. The molecule has 0 aliphatic carbocycles. The lowest BCUT2D eigenvalue weighted by atomic mass is 10.1. The molecule has 5 heteroatoms. The first kappa shape index (κ1) is 10.4. The molecular formula is C11H6ClN3O. The van der Waals surface area contributed by atoms with Crippen molar-refractivity contribution in [1.82, 2.24) is 10.2 Å². The number of halogens is 1. The number of hydrogen-bond donors (Lipinski definition) is 1. The Kier molecular flexibility index (Phi) is 2.71. The van der Waals surface area contributed by atoms with E-state index in [0.29, 0.717) is 10.7 Å². The SMILES string of the molecule is N#Cc1cc(-c2ccc(Cl)cc2)n[nH]c1=O. The number of nitriles is 1. The van der Waals surface area contributed by atoms with E-state index in [1.165, 1.54) is 6.07 Å². The van der Waals surface area contributed by atoms with Crippen LogP contribution in [-0.4, -0.2) is 10.2 Å². The van der Waals surface area contributed by atoms with E-state index in [9.17, 15) is 4.79 Å². The van der Waals surface area contributed by atoms with Gasteiger partial charge in [-0.25, -0.2) is 5.10 Å². The molecule has 0 amide bonds. The molecule has 0 aliphatic rings. The second-order valence-corrected chi connectivity index (χ2v) is 3.55. The molecule has 1 aromatic heterocycles. The minimum Gasteiger partial charge on any atom is -0.267 e. The van der Waals surface area contributed by atoms with Crippen LogP contribution in [0.15, 0.2) is 35.1 Å². The first-order valence-electron chi connectivity index (χ1n) is 4.46. The third-order valence-electron chi connectivity index (χ3n) is 2.06. The number of aromatic amines is 1. The fourth-order valence-corrected chi connectivity index (χ4v) is 1.38. The maximum absolute atomic E-state index is 11.1. The Morgan fingerprint density at radius 2 is 2.00 bits per heavy atom. The highest BCUT2D eigenvalue weighted by Crippen LogP contribution is 2.18. The maximum Gasteiger partial charge on any atom is 0.282 e. The Bertz CT molecular complexity index is 610. The van der Waals surface area contributed by atoms with Gasteiger partial charge in [-0.1, -0.05) is 23.7 Å². The Balaban J connectivity index is 2.53. The van der Waals surface area contributed by atoms with E-state index in [2.05, 4.69) is 10.2 Å². The largest absolute Gasteiger partial charge is 0.282 e. The molecule has 1 aromatic carbocycles. The lowest BCUT2D eigenvalue weighted by Gasteiger charge is -1.99. The number of rotatable bonds is 1. The van der Waals surface area contributed by atoms with Crippen LogP contribution in [-0.2, 0) is 0 Å². The average Bonchev–Trinajstić information content (AvgIpc) is 2.31. The zero-order chi connectivity index (χ0) is 11.5. The van der Waals surface area contributed by atoms with Crippen LogP contribution in [0.2, 0.25) is 5.02 Å². The molecule has 1 heterocycles. The topological polar surface area (TPSA) is 69.5 Å². The van der Waals surface area contributed by atoms with Gasteiger partial charge in [0.15, 0.2) is 0 Å². The summed E-state index contributed by atoms with van der Waals surface area (Å²) >= 11 is 5.75. The van der Waals surface area contributed by atoms with Crippen molar-refractivity contribution in [2.45, 2.75) is 0 Å². The summed E-state index contributed by atoms with van der Waals surface area (Å²) in [6, 6.07) is 10.2. The normalized spacial score (nSPS) is 9.75. The van der Waals surface area contributed by atoms with Gasteiger partial charge in [-0.05, 0) is 18.2 Å². The molecule has 0 spiro atoms. The molecule has 78 valence electrons. The summed E-state index contributed by atoms with van der Waals surface area (Å²) in [5.41, 5.74) is 0.880. The zero-order valence-corrected chi connectivity index (χ0v) is 8.82. The number of nitrogens with zero attached hydrogens (tertiary/aromatic N) is 2. The van der Waals surface area contributed by atoms with Crippen LogP contribution in [0.5, 0.6) is 0 Å². The van der Waals surface area contributed by atoms with E-state index < -0.39 is 5.56 Å². The van der Waals surface area contributed by atoms with Crippen LogP contribution in [0.3, 0.4) is 0 Å². The molecule has 0 saturated carbocycles. The molecule has 4 nitrogen and oxygen atoms in total. The van der Waals surface area contributed by atoms with Gasteiger partial charge >= 0.3 is 0 Å². The minimum absolute atomic E-state index is 0.0416. The molecule has 1 N–H and O–H groups in total. The van der Waals surface area contributed by atoms with Crippen molar-refractivity contribution in [2.24, 2.45) is 0 Å². The third kappa shape index (κ3) is 1.95. The predicted octanol–water partition coefficient (Wildman–Crippen LogP) is 1.96. The minimum atomic E-state index is -0.486. The van der Waals surface area contributed by atoms with Gasteiger partial charge in [0.05, 0.1) is 5.69 Å². The molecule has 0 fully saturated rings. The van der Waals surface area contributed by atoms with E-state index in [1.807, 2.05) is 0 Å². The van der Waals surface area contributed by atoms with Crippen molar-refractivity contribution in [3.8, 4) is 17.3 Å². The van der Waals surface area contributed by atoms with Gasteiger partial charge in [-0.15, -0.1) is 0 Å². The molecule has 0 radical (unpaired) electrons. The van der Waals surface area contributed by atoms with Crippen LogP contribution in [0.25, 0.3) is 11.3 Å². The summed E-state index contributed by atoms with van der Waals surface area (Å²) in [6.45, 7) is 0. The Morgan fingerprint density at radius 3 is 2.62 bits per heavy atom. The lowest BCUT2D eigenvalue weighted by Crippen LogP contribution is -2.11. The summed E-state index contributed by atoms with van der Waals surface area (Å²) in [6.07, 6.45) is 0. The first-order chi connectivity index (χ1) is 7.70. The monoisotopic (exact) mass is 231 g/mol. The summed E-state index contributed by atoms with van der Waals surface area (Å²) in [7, 11) is 0. The van der Waals surface area contributed by atoms with Crippen LogP contribution in [0, 0.1) is 11.3 Å². The second kappa shape index (κ2) is 4.17. The molecule has 0 atom stereocenters. The van der Waals surface area contributed by atoms with Crippen LogP contribution < -0.4 is 5.56 Å². The van der Waals surface area contributed by atoms with E-state index in [0.717, 1.165) is 5.56 Å². The van der Waals surface area contributed by atoms with E-state index in [4.69, 9.17) is 16.9 Å². The number of H-pyrrole nitrogens is 1. The second-order valence-electron chi connectivity index (χ2n) is 3.11. The first-order valence-corrected chi connectivity index (χ1v) is 4.84. The fourth-order valence-electron chi connectivity index (χ4n) is 1.26. The molecule has 0 unspecified atom stereocenters. The Morgan fingerprint density at radius 1 is 1.31 bits per heavy atom. The molecule has 0 bridgehead atoms. The summed E-state index contributed by atoms with van der Waals surface area (Å²) in [4.78, 5) is 11.1. The molecule has 0 saturated heterocycles. The molecule has 0 aliphatic heterocycles. The predicted molar refractivity (Wildman–Crippen MR) is 60.0 cm³/mol. The van der Waals surface area contributed by atoms with Crippen LogP contribution in [0.4, 0.5) is 0 Å². The van der Waals surface area contributed by atoms with Gasteiger partial charge in [-0.3, -0.25) is 4.79 Å². The molecule has 16 heavy (non-hydrogen) atoms. The highest BCUT2D eigenvalue weighted by atomic mass is 35.5. The highest BCUT2D eigenvalue weighted by Gasteiger charge is 2.04.